The number of hydrogen-bond donors (Lipinski definition) is 1. The van der Waals surface area contributed by atoms with Crippen molar-refractivity contribution < 1.29 is 4.79 Å². The lowest BCUT2D eigenvalue weighted by molar-refractivity contribution is -0.121. The fraction of sp³-hybridized carbons (Fsp3) is 0.500. The lowest BCUT2D eigenvalue weighted by Gasteiger charge is -2.14. The van der Waals surface area contributed by atoms with Gasteiger partial charge >= 0.3 is 0 Å². The van der Waals surface area contributed by atoms with Gasteiger partial charge < -0.3 is 5.32 Å². The van der Waals surface area contributed by atoms with Gasteiger partial charge in [0.2, 0.25) is 5.91 Å². The Hall–Kier alpha value is -1.31. The number of benzene rings is 1. The fourth-order valence-electron chi connectivity index (χ4n) is 1.67. The Morgan fingerprint density at radius 2 is 1.94 bits per heavy atom. The number of unbranched alkanes of at least 4 members (excludes halogenated alkanes) is 2. The Balaban J connectivity index is 2.34. The maximum Gasteiger partial charge on any atom is 0.220 e. The van der Waals surface area contributed by atoms with E-state index < -0.39 is 0 Å². The molecule has 16 heavy (non-hydrogen) atoms. The van der Waals surface area contributed by atoms with Crippen LogP contribution in [0.3, 0.4) is 0 Å². The van der Waals surface area contributed by atoms with E-state index in [0.29, 0.717) is 6.42 Å². The van der Waals surface area contributed by atoms with Crippen LogP contribution in [0.15, 0.2) is 30.3 Å². The predicted octanol–water partition coefficient (Wildman–Crippen LogP) is 3.44. The zero-order chi connectivity index (χ0) is 11.8. The lowest BCUT2D eigenvalue weighted by atomic mass is 10.1. The van der Waals surface area contributed by atoms with Crippen LogP contribution in [0.1, 0.15) is 51.1 Å². The standard InChI is InChI=1S/C14H21NO/c1-3-4-6-11-14(16)15-12(2)13-9-7-5-8-10-13/h5,7-10,12H,3-4,6,11H2,1-2H3,(H,15,16)/t12-/m1/s1. The topological polar surface area (TPSA) is 29.1 Å². The second-order valence-electron chi connectivity index (χ2n) is 4.16. The van der Waals surface area contributed by atoms with Crippen molar-refractivity contribution in [3.05, 3.63) is 35.9 Å². The first kappa shape index (κ1) is 12.8. The van der Waals surface area contributed by atoms with Gasteiger partial charge in [-0.05, 0) is 18.9 Å². The van der Waals surface area contributed by atoms with Crippen LogP contribution < -0.4 is 5.32 Å². The molecule has 0 heterocycles. The third-order valence-corrected chi connectivity index (χ3v) is 2.68. The molecule has 1 rings (SSSR count). The van der Waals surface area contributed by atoms with Crippen molar-refractivity contribution in [2.75, 3.05) is 0 Å². The van der Waals surface area contributed by atoms with E-state index in [4.69, 9.17) is 0 Å². The molecule has 1 aromatic rings. The summed E-state index contributed by atoms with van der Waals surface area (Å²) in [5, 5.41) is 3.02. The van der Waals surface area contributed by atoms with Gasteiger partial charge in [0.15, 0.2) is 0 Å². The van der Waals surface area contributed by atoms with Crippen molar-refractivity contribution in [3.8, 4) is 0 Å². The first-order valence-corrected chi connectivity index (χ1v) is 6.08. The number of carbonyl (C=O) groups excluding carboxylic acids is 1. The summed E-state index contributed by atoms with van der Waals surface area (Å²) in [6, 6.07) is 10.2. The highest BCUT2D eigenvalue weighted by Crippen LogP contribution is 2.11. The largest absolute Gasteiger partial charge is 0.350 e. The molecule has 0 unspecified atom stereocenters. The van der Waals surface area contributed by atoms with E-state index in [1.54, 1.807) is 0 Å². The van der Waals surface area contributed by atoms with Crippen LogP contribution in [0, 0.1) is 0 Å². The van der Waals surface area contributed by atoms with E-state index >= 15 is 0 Å². The van der Waals surface area contributed by atoms with Gasteiger partial charge in [0.25, 0.3) is 0 Å². The number of hydrogen-bond acceptors (Lipinski definition) is 1. The van der Waals surface area contributed by atoms with Crippen LogP contribution >= 0.6 is 0 Å². The Morgan fingerprint density at radius 1 is 1.25 bits per heavy atom. The van der Waals surface area contributed by atoms with Crippen molar-refractivity contribution in [1.82, 2.24) is 5.32 Å². The minimum absolute atomic E-state index is 0.107. The van der Waals surface area contributed by atoms with E-state index in [1.165, 1.54) is 0 Å². The second-order valence-corrected chi connectivity index (χ2v) is 4.16. The molecular weight excluding hydrogens is 198 g/mol. The normalized spacial score (nSPS) is 12.1. The van der Waals surface area contributed by atoms with Crippen molar-refractivity contribution in [3.63, 3.8) is 0 Å². The van der Waals surface area contributed by atoms with E-state index in [9.17, 15) is 4.79 Å². The van der Waals surface area contributed by atoms with Crippen molar-refractivity contribution in [2.45, 2.75) is 45.6 Å². The quantitative estimate of drug-likeness (QED) is 0.729. The Kier molecular flexibility index (Phi) is 5.62. The number of nitrogens with one attached hydrogen (secondary N) is 1. The summed E-state index contributed by atoms with van der Waals surface area (Å²) in [5.41, 5.74) is 1.16. The smallest absolute Gasteiger partial charge is 0.220 e. The van der Waals surface area contributed by atoms with Gasteiger partial charge in [-0.1, -0.05) is 50.1 Å². The van der Waals surface area contributed by atoms with Gasteiger partial charge in [-0.15, -0.1) is 0 Å². The molecule has 2 heteroatoms. The van der Waals surface area contributed by atoms with Crippen molar-refractivity contribution in [1.29, 1.82) is 0 Å². The van der Waals surface area contributed by atoms with Gasteiger partial charge in [0, 0.05) is 6.42 Å². The van der Waals surface area contributed by atoms with Crippen LogP contribution in [0.5, 0.6) is 0 Å². The molecule has 0 bridgehead atoms. The van der Waals surface area contributed by atoms with E-state index in [1.807, 2.05) is 37.3 Å². The van der Waals surface area contributed by atoms with Crippen molar-refractivity contribution >= 4 is 5.91 Å². The summed E-state index contributed by atoms with van der Waals surface area (Å²) in [4.78, 5) is 11.6. The average Bonchev–Trinajstić information content (AvgIpc) is 2.30. The number of amides is 1. The zero-order valence-electron chi connectivity index (χ0n) is 10.2. The molecule has 0 saturated heterocycles. The highest BCUT2D eigenvalue weighted by atomic mass is 16.1. The molecule has 2 nitrogen and oxygen atoms in total. The first-order chi connectivity index (χ1) is 7.74. The Labute approximate surface area is 98.1 Å². The molecule has 0 aliphatic carbocycles. The predicted molar refractivity (Wildman–Crippen MR) is 67.1 cm³/mol. The fourth-order valence-corrected chi connectivity index (χ4v) is 1.67. The molecule has 1 aromatic carbocycles. The second kappa shape index (κ2) is 7.04. The molecule has 1 atom stereocenters. The summed E-state index contributed by atoms with van der Waals surface area (Å²) in [5.74, 6) is 0.157. The van der Waals surface area contributed by atoms with Crippen LogP contribution in [0.25, 0.3) is 0 Å². The van der Waals surface area contributed by atoms with E-state index in [0.717, 1.165) is 24.8 Å². The minimum atomic E-state index is 0.107. The highest BCUT2D eigenvalue weighted by Gasteiger charge is 2.08. The summed E-state index contributed by atoms with van der Waals surface area (Å²) in [7, 11) is 0. The molecule has 0 aromatic heterocycles. The van der Waals surface area contributed by atoms with Gasteiger partial charge in [-0.2, -0.15) is 0 Å². The number of carbonyl (C=O) groups is 1. The van der Waals surface area contributed by atoms with E-state index in [2.05, 4.69) is 12.2 Å². The molecule has 1 N–H and O–H groups in total. The third kappa shape index (κ3) is 4.47. The summed E-state index contributed by atoms with van der Waals surface area (Å²) in [6.07, 6.45) is 3.92. The molecule has 0 saturated carbocycles. The van der Waals surface area contributed by atoms with Crippen LogP contribution in [-0.4, -0.2) is 5.91 Å². The maximum atomic E-state index is 11.6. The summed E-state index contributed by atoms with van der Waals surface area (Å²) >= 11 is 0. The van der Waals surface area contributed by atoms with Crippen LogP contribution in [0.2, 0.25) is 0 Å². The molecule has 1 amide bonds. The molecule has 88 valence electrons. The average molecular weight is 219 g/mol. The number of rotatable bonds is 6. The Bertz CT molecular complexity index is 308. The van der Waals surface area contributed by atoms with Crippen LogP contribution in [-0.2, 0) is 4.79 Å². The SMILES string of the molecule is CCCCCC(=O)N[C@H](C)c1ccccc1. The van der Waals surface area contributed by atoms with Gasteiger partial charge in [-0.25, -0.2) is 0 Å². The lowest BCUT2D eigenvalue weighted by Crippen LogP contribution is -2.26. The third-order valence-electron chi connectivity index (χ3n) is 2.68. The van der Waals surface area contributed by atoms with Gasteiger partial charge in [0.1, 0.15) is 0 Å². The van der Waals surface area contributed by atoms with Gasteiger partial charge in [-0.3, -0.25) is 4.79 Å². The molecular formula is C14H21NO. The monoisotopic (exact) mass is 219 g/mol. The Morgan fingerprint density at radius 3 is 2.56 bits per heavy atom. The molecule has 0 fully saturated rings. The molecule has 0 aliphatic heterocycles. The maximum absolute atomic E-state index is 11.6. The highest BCUT2D eigenvalue weighted by molar-refractivity contribution is 5.76. The van der Waals surface area contributed by atoms with Crippen molar-refractivity contribution in [2.24, 2.45) is 0 Å². The minimum Gasteiger partial charge on any atom is -0.350 e. The summed E-state index contributed by atoms with van der Waals surface area (Å²) < 4.78 is 0. The van der Waals surface area contributed by atoms with Crippen LogP contribution in [0.4, 0.5) is 0 Å². The van der Waals surface area contributed by atoms with Gasteiger partial charge in [0.05, 0.1) is 6.04 Å². The molecule has 0 radical (unpaired) electrons. The molecule has 0 aliphatic rings. The zero-order valence-corrected chi connectivity index (χ0v) is 10.2. The first-order valence-electron chi connectivity index (χ1n) is 6.08. The summed E-state index contributed by atoms with van der Waals surface area (Å²) in [6.45, 7) is 4.16. The molecule has 0 spiro atoms. The van der Waals surface area contributed by atoms with E-state index in [-0.39, 0.29) is 11.9 Å².